The summed E-state index contributed by atoms with van der Waals surface area (Å²) in [7, 11) is 1.25. The number of sulfonamides is 1. The van der Waals surface area contributed by atoms with Crippen LogP contribution in [0.4, 0.5) is 5.69 Å². The Balaban J connectivity index is 1.82. The van der Waals surface area contributed by atoms with Gasteiger partial charge in [0.15, 0.2) is 10.7 Å². The van der Waals surface area contributed by atoms with E-state index in [1.165, 1.54) is 7.05 Å². The van der Waals surface area contributed by atoms with Crippen molar-refractivity contribution in [3.8, 4) is 0 Å². The summed E-state index contributed by atoms with van der Waals surface area (Å²) in [4.78, 5) is 15.4. The van der Waals surface area contributed by atoms with Crippen molar-refractivity contribution in [1.82, 2.24) is 9.46 Å². The fourth-order valence-corrected chi connectivity index (χ4v) is 4.52. The second kappa shape index (κ2) is 7.86. The molecule has 8 nitrogen and oxygen atoms in total. The maximum absolute atomic E-state index is 13.1. The number of anilines is 1. The predicted molar refractivity (Wildman–Crippen MR) is 105 cm³/mol. The zero-order valence-corrected chi connectivity index (χ0v) is 17.3. The monoisotopic (exact) mass is 405 g/mol. The zero-order valence-electron chi connectivity index (χ0n) is 16.5. The van der Waals surface area contributed by atoms with Gasteiger partial charge >= 0.3 is 0 Å². The molecule has 3 rings (SSSR count). The number of benzene rings is 1. The van der Waals surface area contributed by atoms with Gasteiger partial charge in [-0.1, -0.05) is 23.4 Å². The summed E-state index contributed by atoms with van der Waals surface area (Å²) >= 11 is 0. The Labute approximate surface area is 165 Å². The van der Waals surface area contributed by atoms with Gasteiger partial charge in [0.2, 0.25) is 15.9 Å². The number of nitrogens with zero attached hydrogens (tertiary/aromatic N) is 3. The summed E-state index contributed by atoms with van der Waals surface area (Å²) in [6.07, 6.45) is 4.10. The van der Waals surface area contributed by atoms with Crippen molar-refractivity contribution >= 4 is 27.7 Å². The van der Waals surface area contributed by atoms with Gasteiger partial charge in [-0.05, 0) is 25.0 Å². The lowest BCUT2D eigenvalue weighted by Gasteiger charge is -2.22. The Morgan fingerprint density at radius 2 is 2.07 bits per heavy atom. The Bertz CT molecular complexity index is 1010. The second-order valence-corrected chi connectivity index (χ2v) is 9.04. The molecule has 0 atom stereocenters. The molecule has 1 amide bonds. The lowest BCUT2D eigenvalue weighted by atomic mass is 10.2. The molecule has 2 aromatic rings. The third-order valence-electron chi connectivity index (χ3n) is 4.62. The molecule has 0 radical (unpaired) electrons. The number of likely N-dealkylation sites (N-methyl/N-ethyl adjacent to an activating group) is 1. The van der Waals surface area contributed by atoms with E-state index < -0.39 is 10.0 Å². The molecule has 1 N–H and O–H groups in total. The van der Waals surface area contributed by atoms with Crippen LogP contribution in [0.1, 0.15) is 17.0 Å². The minimum Gasteiger partial charge on any atom is -0.355 e. The lowest BCUT2D eigenvalue weighted by molar-refractivity contribution is -0.800. The quantitative estimate of drug-likeness (QED) is 0.747. The number of aromatic nitrogens is 1. The molecule has 1 aliphatic rings. The van der Waals surface area contributed by atoms with Crippen molar-refractivity contribution in [1.29, 1.82) is 0 Å². The highest BCUT2D eigenvalue weighted by atomic mass is 32.2. The second-order valence-electron chi connectivity index (χ2n) is 7.06. The number of carbonyl (C=O) groups excluding carboxylic acids is 1. The van der Waals surface area contributed by atoms with Crippen LogP contribution < -0.4 is 9.80 Å². The molecule has 0 unspecified atom stereocenters. The first-order valence-corrected chi connectivity index (χ1v) is 10.4. The minimum absolute atomic E-state index is 0.0119. The molecular weight excluding hydrogens is 380 g/mol. The average Bonchev–Trinajstić information content (AvgIpc) is 3.23. The van der Waals surface area contributed by atoms with Gasteiger partial charge in [0, 0.05) is 25.4 Å². The molecule has 0 fully saturated rings. The van der Waals surface area contributed by atoms with Gasteiger partial charge in [-0.2, -0.15) is 4.31 Å². The van der Waals surface area contributed by atoms with E-state index in [1.54, 1.807) is 24.1 Å². The van der Waals surface area contributed by atoms with Gasteiger partial charge < -0.3 is 14.3 Å². The van der Waals surface area contributed by atoms with E-state index >= 15 is 0 Å². The smallest absolute Gasteiger partial charge is 0.249 e. The highest BCUT2D eigenvalue weighted by molar-refractivity contribution is 7.89. The topological polar surface area (TPSA) is 88.2 Å². The van der Waals surface area contributed by atoms with Gasteiger partial charge in [0.1, 0.15) is 5.69 Å². The van der Waals surface area contributed by atoms with Gasteiger partial charge in [0.25, 0.3) is 0 Å². The number of hydrogen-bond acceptors (Lipinski definition) is 5. The van der Waals surface area contributed by atoms with Gasteiger partial charge in [-0.15, -0.1) is 0 Å². The van der Waals surface area contributed by atoms with E-state index in [0.29, 0.717) is 6.54 Å². The van der Waals surface area contributed by atoms with Gasteiger partial charge in [-0.25, -0.2) is 8.42 Å². The Morgan fingerprint density at radius 3 is 2.79 bits per heavy atom. The molecule has 28 heavy (non-hydrogen) atoms. The summed E-state index contributed by atoms with van der Waals surface area (Å²) in [5.74, 6) is -0.107. The Hall–Kier alpha value is -2.49. The molecule has 2 heterocycles. The molecule has 150 valence electrons. The van der Waals surface area contributed by atoms with Crippen LogP contribution in [0.25, 0.3) is 6.08 Å². The number of carbonyl (C=O) groups is 1. The molecular formula is C19H25N4O4S+. The zero-order chi connectivity index (χ0) is 20.5. The molecule has 0 saturated carbocycles. The van der Waals surface area contributed by atoms with Crippen LogP contribution in [0.5, 0.6) is 0 Å². The molecule has 0 bridgehead atoms. The summed E-state index contributed by atoms with van der Waals surface area (Å²) < 4.78 is 32.4. The van der Waals surface area contributed by atoms with Crippen molar-refractivity contribution in [2.75, 3.05) is 39.1 Å². The summed E-state index contributed by atoms with van der Waals surface area (Å²) in [5.41, 5.74) is 2.20. The average molecular weight is 406 g/mol. The van der Waals surface area contributed by atoms with E-state index in [1.807, 2.05) is 38.4 Å². The van der Waals surface area contributed by atoms with E-state index in [4.69, 9.17) is 4.52 Å². The number of fused-ring (bicyclic) bond motifs is 1. The number of nitrogens with one attached hydrogen (secondary N) is 1. The van der Waals surface area contributed by atoms with Crippen molar-refractivity contribution in [2.45, 2.75) is 18.2 Å². The molecule has 1 aliphatic heterocycles. The van der Waals surface area contributed by atoms with Crippen LogP contribution in [0.2, 0.25) is 0 Å². The fraction of sp³-hybridized carbons (Fsp3) is 0.368. The van der Waals surface area contributed by atoms with Gasteiger partial charge in [0.05, 0.1) is 26.8 Å². The minimum atomic E-state index is -3.94. The first-order chi connectivity index (χ1) is 13.2. The highest BCUT2D eigenvalue weighted by Crippen LogP contribution is 2.28. The largest absolute Gasteiger partial charge is 0.355 e. The van der Waals surface area contributed by atoms with E-state index in [-0.39, 0.29) is 28.8 Å². The number of rotatable bonds is 6. The molecule has 1 aromatic carbocycles. The summed E-state index contributed by atoms with van der Waals surface area (Å²) in [6.45, 7) is 1.87. The van der Waals surface area contributed by atoms with E-state index in [9.17, 15) is 13.2 Å². The fourth-order valence-electron chi connectivity index (χ4n) is 3.16. The molecule has 0 aliphatic carbocycles. The maximum atomic E-state index is 13.1. The summed E-state index contributed by atoms with van der Waals surface area (Å²) in [5, 5.41) is 3.79. The lowest BCUT2D eigenvalue weighted by Crippen LogP contribution is -3.00. The van der Waals surface area contributed by atoms with Gasteiger partial charge in [-0.3, -0.25) is 4.79 Å². The molecule has 0 saturated heterocycles. The van der Waals surface area contributed by atoms with Crippen LogP contribution in [-0.4, -0.2) is 58.0 Å². The predicted octanol–water partition coefficient (Wildman–Crippen LogP) is 0.308. The number of aryl methyl sites for hydroxylation is 1. The number of hydrogen-bond donors (Lipinski definition) is 1. The normalized spacial score (nSPS) is 14.4. The number of para-hydroxylation sites is 1. The third kappa shape index (κ3) is 3.87. The van der Waals surface area contributed by atoms with E-state index in [2.05, 4.69) is 5.16 Å². The van der Waals surface area contributed by atoms with Crippen LogP contribution in [-0.2, 0) is 21.2 Å². The van der Waals surface area contributed by atoms with Crippen LogP contribution in [0.15, 0.2) is 39.9 Å². The van der Waals surface area contributed by atoms with Crippen molar-refractivity contribution in [2.24, 2.45) is 0 Å². The van der Waals surface area contributed by atoms with Crippen molar-refractivity contribution < 1.29 is 22.6 Å². The van der Waals surface area contributed by atoms with Crippen LogP contribution in [0.3, 0.4) is 0 Å². The first kappa shape index (κ1) is 20.2. The molecule has 1 aromatic heterocycles. The summed E-state index contributed by atoms with van der Waals surface area (Å²) in [6, 6.07) is 7.67. The van der Waals surface area contributed by atoms with E-state index in [0.717, 1.165) is 26.9 Å². The number of quaternary nitrogens is 1. The van der Waals surface area contributed by atoms with Crippen molar-refractivity contribution in [3.63, 3.8) is 0 Å². The number of amides is 1. The SMILES string of the molecule is Cc1noc(C=C[NH+](C)C)c1S(=O)(=O)N(C)CC(=O)N1CCc2ccccc21. The Kier molecular flexibility index (Phi) is 5.69. The third-order valence-corrected chi connectivity index (χ3v) is 6.58. The van der Waals surface area contributed by atoms with Crippen molar-refractivity contribution in [3.05, 3.63) is 47.5 Å². The Morgan fingerprint density at radius 1 is 1.36 bits per heavy atom. The van der Waals surface area contributed by atoms with Crippen LogP contribution in [0, 0.1) is 6.92 Å². The molecule has 9 heteroatoms. The highest BCUT2D eigenvalue weighted by Gasteiger charge is 2.33. The maximum Gasteiger partial charge on any atom is 0.249 e. The standard InChI is InChI=1S/C19H24N4O4S/c1-14-19(17(27-20-14)10-11-21(2)3)28(25,26)22(4)13-18(24)23-12-9-15-7-5-6-8-16(15)23/h5-8,10-11H,9,12-13H2,1-4H3/p+1. The first-order valence-electron chi connectivity index (χ1n) is 9.01. The van der Waals surface area contributed by atoms with Crippen LogP contribution >= 0.6 is 0 Å². The molecule has 0 spiro atoms.